The first kappa shape index (κ1) is 20.7. The molecule has 2 aromatic rings. The average Bonchev–Trinajstić information content (AvgIpc) is 2.69. The standard InChI is InChI=1S/C23H30N2O2/c1-5-16(6-2)22(26)24-20-14-12-19(13-15-20)23(27)25-21-17(7-3)10-9-11-18(21)8-4/h9-16H,5-8H2,1-4H3,(H,24,26)(H,25,27). The van der Waals surface area contributed by atoms with Crippen molar-refractivity contribution in [1.82, 2.24) is 0 Å². The highest BCUT2D eigenvalue weighted by Gasteiger charge is 2.15. The molecule has 2 aromatic carbocycles. The molecule has 0 bridgehead atoms. The van der Waals surface area contributed by atoms with Gasteiger partial charge in [-0.25, -0.2) is 0 Å². The third kappa shape index (κ3) is 5.19. The van der Waals surface area contributed by atoms with E-state index in [4.69, 9.17) is 0 Å². The molecule has 27 heavy (non-hydrogen) atoms. The van der Waals surface area contributed by atoms with Crippen molar-refractivity contribution in [3.63, 3.8) is 0 Å². The minimum Gasteiger partial charge on any atom is -0.326 e. The maximum absolute atomic E-state index is 12.7. The molecule has 0 heterocycles. The van der Waals surface area contributed by atoms with Crippen LogP contribution < -0.4 is 10.6 Å². The van der Waals surface area contributed by atoms with Gasteiger partial charge in [0.2, 0.25) is 5.91 Å². The number of benzene rings is 2. The Morgan fingerprint density at radius 3 is 1.85 bits per heavy atom. The summed E-state index contributed by atoms with van der Waals surface area (Å²) in [5.74, 6) is -0.0869. The number of para-hydroxylation sites is 1. The third-order valence-corrected chi connectivity index (χ3v) is 5.01. The van der Waals surface area contributed by atoms with Gasteiger partial charge in [0.15, 0.2) is 0 Å². The molecule has 144 valence electrons. The van der Waals surface area contributed by atoms with Gasteiger partial charge in [0.05, 0.1) is 0 Å². The molecule has 0 fully saturated rings. The number of carbonyl (C=O) groups is 2. The molecule has 2 N–H and O–H groups in total. The van der Waals surface area contributed by atoms with Gasteiger partial charge in [-0.05, 0) is 61.1 Å². The lowest BCUT2D eigenvalue weighted by Crippen LogP contribution is -2.21. The normalized spacial score (nSPS) is 10.7. The first-order chi connectivity index (χ1) is 13.0. The van der Waals surface area contributed by atoms with E-state index in [0.717, 1.165) is 42.5 Å². The van der Waals surface area contributed by atoms with Crippen molar-refractivity contribution in [3.8, 4) is 0 Å². The van der Waals surface area contributed by atoms with Crippen LogP contribution in [0.5, 0.6) is 0 Å². The number of rotatable bonds is 8. The number of hydrogen-bond donors (Lipinski definition) is 2. The Morgan fingerprint density at radius 1 is 0.815 bits per heavy atom. The first-order valence-corrected chi connectivity index (χ1v) is 9.86. The van der Waals surface area contributed by atoms with E-state index < -0.39 is 0 Å². The molecule has 0 aliphatic rings. The number of aryl methyl sites for hydroxylation is 2. The largest absolute Gasteiger partial charge is 0.326 e. The van der Waals surface area contributed by atoms with E-state index in [0.29, 0.717) is 11.3 Å². The number of amides is 2. The van der Waals surface area contributed by atoms with Gasteiger partial charge < -0.3 is 10.6 Å². The fourth-order valence-corrected chi connectivity index (χ4v) is 3.20. The summed E-state index contributed by atoms with van der Waals surface area (Å²) >= 11 is 0. The summed E-state index contributed by atoms with van der Waals surface area (Å²) in [7, 11) is 0. The highest BCUT2D eigenvalue weighted by Crippen LogP contribution is 2.23. The van der Waals surface area contributed by atoms with E-state index >= 15 is 0 Å². The molecule has 2 amide bonds. The van der Waals surface area contributed by atoms with Crippen molar-refractivity contribution in [1.29, 1.82) is 0 Å². The summed E-state index contributed by atoms with van der Waals surface area (Å²) in [5, 5.41) is 5.99. The van der Waals surface area contributed by atoms with Crippen molar-refractivity contribution in [2.75, 3.05) is 10.6 Å². The Hall–Kier alpha value is -2.62. The van der Waals surface area contributed by atoms with Crippen molar-refractivity contribution in [2.24, 2.45) is 5.92 Å². The van der Waals surface area contributed by atoms with E-state index in [-0.39, 0.29) is 17.7 Å². The molecule has 4 nitrogen and oxygen atoms in total. The maximum atomic E-state index is 12.7. The van der Waals surface area contributed by atoms with Crippen molar-refractivity contribution in [2.45, 2.75) is 53.4 Å². The van der Waals surface area contributed by atoms with Crippen LogP contribution in [0, 0.1) is 5.92 Å². The molecule has 0 saturated carbocycles. The predicted octanol–water partition coefficient (Wildman–Crippen LogP) is 5.44. The van der Waals surface area contributed by atoms with E-state index in [1.165, 1.54) is 0 Å². The Morgan fingerprint density at radius 2 is 1.37 bits per heavy atom. The lowest BCUT2D eigenvalue weighted by Gasteiger charge is -2.15. The van der Waals surface area contributed by atoms with Gasteiger partial charge in [-0.2, -0.15) is 0 Å². The Labute approximate surface area is 162 Å². The van der Waals surface area contributed by atoms with Crippen LogP contribution in [-0.2, 0) is 17.6 Å². The van der Waals surface area contributed by atoms with Crippen molar-refractivity contribution >= 4 is 23.2 Å². The average molecular weight is 367 g/mol. The molecular weight excluding hydrogens is 336 g/mol. The van der Waals surface area contributed by atoms with E-state index in [1.54, 1.807) is 24.3 Å². The maximum Gasteiger partial charge on any atom is 0.255 e. The van der Waals surface area contributed by atoms with Crippen LogP contribution >= 0.6 is 0 Å². The first-order valence-electron chi connectivity index (χ1n) is 9.86. The van der Waals surface area contributed by atoms with Crippen LogP contribution in [0.2, 0.25) is 0 Å². The Balaban J connectivity index is 2.12. The van der Waals surface area contributed by atoms with Crippen LogP contribution in [0.1, 0.15) is 62.0 Å². The summed E-state index contributed by atoms with van der Waals surface area (Å²) in [6.07, 6.45) is 3.37. The topological polar surface area (TPSA) is 58.2 Å². The Bertz CT molecular complexity index is 755. The molecule has 0 unspecified atom stereocenters. The zero-order chi connectivity index (χ0) is 19.8. The quantitative estimate of drug-likeness (QED) is 0.654. The zero-order valence-electron chi connectivity index (χ0n) is 16.8. The molecule has 4 heteroatoms. The van der Waals surface area contributed by atoms with Crippen LogP contribution in [0.15, 0.2) is 42.5 Å². The second kappa shape index (κ2) is 9.91. The van der Waals surface area contributed by atoms with Crippen LogP contribution in [0.4, 0.5) is 11.4 Å². The number of anilines is 2. The van der Waals surface area contributed by atoms with E-state index in [9.17, 15) is 9.59 Å². The number of carbonyl (C=O) groups excluding carboxylic acids is 2. The van der Waals surface area contributed by atoms with Crippen molar-refractivity contribution < 1.29 is 9.59 Å². The number of hydrogen-bond acceptors (Lipinski definition) is 2. The fraction of sp³-hybridized carbons (Fsp3) is 0.391. The number of nitrogens with one attached hydrogen (secondary N) is 2. The fourth-order valence-electron chi connectivity index (χ4n) is 3.20. The summed E-state index contributed by atoms with van der Waals surface area (Å²) in [6, 6.07) is 13.2. The smallest absolute Gasteiger partial charge is 0.255 e. The van der Waals surface area contributed by atoms with Gasteiger partial charge in [-0.3, -0.25) is 9.59 Å². The second-order valence-corrected chi connectivity index (χ2v) is 6.69. The van der Waals surface area contributed by atoms with Gasteiger partial charge >= 0.3 is 0 Å². The van der Waals surface area contributed by atoms with Gasteiger partial charge in [0.25, 0.3) is 5.91 Å². The van der Waals surface area contributed by atoms with Gasteiger partial charge in [-0.15, -0.1) is 0 Å². The third-order valence-electron chi connectivity index (χ3n) is 5.01. The monoisotopic (exact) mass is 366 g/mol. The molecule has 0 atom stereocenters. The molecule has 0 saturated heterocycles. The minimum absolute atomic E-state index is 0.0194. The molecule has 0 spiro atoms. The van der Waals surface area contributed by atoms with Crippen LogP contribution in [0.3, 0.4) is 0 Å². The zero-order valence-corrected chi connectivity index (χ0v) is 16.8. The second-order valence-electron chi connectivity index (χ2n) is 6.69. The molecular formula is C23H30N2O2. The highest BCUT2D eigenvalue weighted by molar-refractivity contribution is 6.05. The lowest BCUT2D eigenvalue weighted by atomic mass is 10.0. The predicted molar refractivity (Wildman–Crippen MR) is 112 cm³/mol. The molecule has 0 radical (unpaired) electrons. The minimum atomic E-state index is -0.136. The van der Waals surface area contributed by atoms with Gasteiger partial charge in [0, 0.05) is 22.9 Å². The SMILES string of the molecule is CCc1cccc(CC)c1NC(=O)c1ccc(NC(=O)C(CC)CC)cc1. The Kier molecular flexibility index (Phi) is 7.59. The van der Waals surface area contributed by atoms with E-state index in [2.05, 4.69) is 24.5 Å². The highest BCUT2D eigenvalue weighted by atomic mass is 16.2. The molecule has 0 aliphatic heterocycles. The van der Waals surface area contributed by atoms with Crippen molar-refractivity contribution in [3.05, 3.63) is 59.2 Å². The molecule has 2 rings (SSSR count). The molecule has 0 aliphatic carbocycles. The summed E-state index contributed by atoms with van der Waals surface area (Å²) < 4.78 is 0. The van der Waals surface area contributed by atoms with E-state index in [1.807, 2.05) is 32.0 Å². The summed E-state index contributed by atoms with van der Waals surface area (Å²) in [6.45, 7) is 8.20. The van der Waals surface area contributed by atoms with Crippen LogP contribution in [0.25, 0.3) is 0 Å². The van der Waals surface area contributed by atoms with Gasteiger partial charge in [-0.1, -0.05) is 45.9 Å². The van der Waals surface area contributed by atoms with Gasteiger partial charge in [0.1, 0.15) is 0 Å². The lowest BCUT2D eigenvalue weighted by molar-refractivity contribution is -0.120. The summed E-state index contributed by atoms with van der Waals surface area (Å²) in [4.78, 5) is 24.9. The van der Waals surface area contributed by atoms with Crippen LogP contribution in [-0.4, -0.2) is 11.8 Å². The molecule has 0 aromatic heterocycles. The summed E-state index contributed by atoms with van der Waals surface area (Å²) in [5.41, 5.74) is 4.47.